The van der Waals surface area contributed by atoms with Crippen molar-refractivity contribution >= 4 is 22.8 Å². The molecule has 0 radical (unpaired) electrons. The van der Waals surface area contributed by atoms with Gasteiger partial charge in [-0.15, -0.1) is 10.2 Å². The predicted octanol–water partition coefficient (Wildman–Crippen LogP) is 3.49. The SMILES string of the molecule is COc1ccc2c(=O)cnn(Cc3ccc(F)c(C(=O)N4CCn5c(nnc5C(F)(F)F)C4)c3)c2c1.O=C(O)C(F)(F)F. The van der Waals surface area contributed by atoms with E-state index in [1.807, 2.05) is 0 Å². The van der Waals surface area contributed by atoms with E-state index in [4.69, 9.17) is 14.6 Å². The number of nitrogens with zero attached hydrogens (tertiary/aromatic N) is 6. The van der Waals surface area contributed by atoms with Crippen LogP contribution >= 0.6 is 0 Å². The average Bonchev–Trinajstić information content (AvgIpc) is 3.39. The van der Waals surface area contributed by atoms with Gasteiger partial charge in [0, 0.05) is 24.5 Å². The van der Waals surface area contributed by atoms with Crippen LogP contribution in [0.15, 0.2) is 47.4 Å². The third-order valence-electron chi connectivity index (χ3n) is 6.19. The lowest BCUT2D eigenvalue weighted by atomic mass is 10.1. The van der Waals surface area contributed by atoms with Gasteiger partial charge in [0.15, 0.2) is 5.82 Å². The van der Waals surface area contributed by atoms with Crippen molar-refractivity contribution in [1.82, 2.24) is 29.4 Å². The predicted molar refractivity (Wildman–Crippen MR) is 132 cm³/mol. The summed E-state index contributed by atoms with van der Waals surface area (Å²) in [5.41, 5.74) is 0.513. The first-order valence-corrected chi connectivity index (χ1v) is 12.0. The van der Waals surface area contributed by atoms with Gasteiger partial charge in [-0.3, -0.25) is 14.3 Å². The molecule has 0 spiro atoms. The quantitative estimate of drug-likeness (QED) is 0.345. The van der Waals surface area contributed by atoms with Crippen LogP contribution in [0.2, 0.25) is 0 Å². The smallest absolute Gasteiger partial charge is 0.490 e. The summed E-state index contributed by atoms with van der Waals surface area (Å²) in [6.07, 6.45) is -8.58. The van der Waals surface area contributed by atoms with E-state index in [1.54, 1.807) is 18.2 Å². The number of methoxy groups -OCH3 is 1. The van der Waals surface area contributed by atoms with Crippen LogP contribution in [0.3, 0.4) is 0 Å². The molecule has 11 nitrogen and oxygen atoms in total. The highest BCUT2D eigenvalue weighted by Crippen LogP contribution is 2.30. The number of hydrogen-bond donors (Lipinski definition) is 1. The summed E-state index contributed by atoms with van der Waals surface area (Å²) in [7, 11) is 1.49. The zero-order valence-electron chi connectivity index (χ0n) is 21.8. The Morgan fingerprint density at radius 3 is 2.35 bits per heavy atom. The molecule has 1 aliphatic rings. The summed E-state index contributed by atoms with van der Waals surface area (Å²) in [4.78, 5) is 35.4. The minimum absolute atomic E-state index is 0.0311. The summed E-state index contributed by atoms with van der Waals surface area (Å²) in [6, 6.07) is 8.91. The molecule has 0 atom stereocenters. The van der Waals surface area contributed by atoms with E-state index in [1.165, 1.54) is 35.0 Å². The van der Waals surface area contributed by atoms with Gasteiger partial charge < -0.3 is 19.3 Å². The number of carboxylic acids is 1. The second kappa shape index (κ2) is 11.7. The van der Waals surface area contributed by atoms with Crippen molar-refractivity contribution in [3.05, 3.63) is 81.4 Å². The molecular formula is C25H19F7N6O5. The van der Waals surface area contributed by atoms with Gasteiger partial charge in [-0.1, -0.05) is 6.07 Å². The van der Waals surface area contributed by atoms with Crippen molar-refractivity contribution < 1.29 is 50.2 Å². The number of benzene rings is 2. The molecule has 0 unspecified atom stereocenters. The van der Waals surface area contributed by atoms with Crippen LogP contribution in [0.4, 0.5) is 30.7 Å². The van der Waals surface area contributed by atoms with E-state index in [-0.39, 0.29) is 43.0 Å². The number of ether oxygens (including phenoxy) is 1. The zero-order valence-corrected chi connectivity index (χ0v) is 21.8. The summed E-state index contributed by atoms with van der Waals surface area (Å²) in [5.74, 6) is -4.85. The monoisotopic (exact) mass is 616 g/mol. The highest BCUT2D eigenvalue weighted by molar-refractivity contribution is 5.94. The van der Waals surface area contributed by atoms with Crippen LogP contribution in [0.1, 0.15) is 27.6 Å². The number of hydrogen-bond acceptors (Lipinski definition) is 7. The molecule has 0 fully saturated rings. The highest BCUT2D eigenvalue weighted by Gasteiger charge is 2.40. The van der Waals surface area contributed by atoms with E-state index in [0.29, 0.717) is 22.2 Å². The third-order valence-corrected chi connectivity index (χ3v) is 6.19. The topological polar surface area (TPSA) is 132 Å². The second-order valence-corrected chi connectivity index (χ2v) is 8.98. The molecule has 228 valence electrons. The molecule has 0 saturated heterocycles. The molecule has 5 rings (SSSR count). The van der Waals surface area contributed by atoms with Crippen molar-refractivity contribution in [2.75, 3.05) is 13.7 Å². The standard InChI is InChI=1S/C23H18F4N6O3.C2HF3O2/c1-36-14-3-4-15-18(9-14)33(28-10-19(15)34)11-13-2-5-17(24)16(8-13)21(35)31-6-7-32-20(12-31)29-30-22(32)23(25,26)27;3-2(4,5)1(6)7/h2-5,8-10H,6-7,11-12H2,1H3;(H,6,7). The summed E-state index contributed by atoms with van der Waals surface area (Å²) < 4.78 is 93.3. The molecule has 18 heteroatoms. The number of rotatable bonds is 4. The summed E-state index contributed by atoms with van der Waals surface area (Å²) >= 11 is 0. The number of halogens is 7. The number of aromatic nitrogens is 5. The molecular weight excluding hydrogens is 597 g/mol. The van der Waals surface area contributed by atoms with Crippen LogP contribution in [-0.2, 0) is 30.6 Å². The molecule has 1 aliphatic heterocycles. The number of carbonyl (C=O) groups excluding carboxylic acids is 1. The largest absolute Gasteiger partial charge is 0.497 e. The van der Waals surface area contributed by atoms with E-state index in [0.717, 1.165) is 10.6 Å². The Kier molecular flexibility index (Phi) is 8.40. The van der Waals surface area contributed by atoms with Gasteiger partial charge in [0.25, 0.3) is 5.91 Å². The first kappa shape index (κ1) is 30.9. The van der Waals surface area contributed by atoms with Gasteiger partial charge in [-0.25, -0.2) is 9.18 Å². The Morgan fingerprint density at radius 2 is 1.72 bits per heavy atom. The molecule has 43 heavy (non-hydrogen) atoms. The minimum atomic E-state index is -5.08. The van der Waals surface area contributed by atoms with Crippen LogP contribution in [0.5, 0.6) is 5.75 Å². The Hall–Kier alpha value is -5.03. The van der Waals surface area contributed by atoms with E-state index in [9.17, 15) is 40.3 Å². The Morgan fingerprint density at radius 1 is 1.02 bits per heavy atom. The molecule has 1 amide bonds. The van der Waals surface area contributed by atoms with E-state index in [2.05, 4.69) is 15.3 Å². The third kappa shape index (κ3) is 6.73. The Balaban J connectivity index is 0.000000541. The molecule has 1 N–H and O–H groups in total. The lowest BCUT2D eigenvalue weighted by Gasteiger charge is -2.28. The fourth-order valence-electron chi connectivity index (χ4n) is 4.16. The molecule has 0 saturated carbocycles. The first-order chi connectivity index (χ1) is 20.1. The van der Waals surface area contributed by atoms with Crippen LogP contribution in [0.25, 0.3) is 10.9 Å². The van der Waals surface area contributed by atoms with Gasteiger partial charge in [0.2, 0.25) is 11.3 Å². The number of amides is 1. The highest BCUT2D eigenvalue weighted by atomic mass is 19.4. The Bertz CT molecular complexity index is 1750. The normalized spacial score (nSPS) is 13.3. The maximum atomic E-state index is 14.7. The van der Waals surface area contributed by atoms with Gasteiger partial charge in [-0.2, -0.15) is 31.4 Å². The molecule has 0 bridgehead atoms. The second-order valence-electron chi connectivity index (χ2n) is 8.98. The molecule has 0 aliphatic carbocycles. The number of carboxylic acid groups (broad SMARTS) is 1. The average molecular weight is 616 g/mol. The molecule has 4 aromatic rings. The van der Waals surface area contributed by atoms with Gasteiger partial charge in [0.1, 0.15) is 11.6 Å². The number of fused-ring (bicyclic) bond motifs is 2. The zero-order chi connectivity index (χ0) is 31.7. The maximum Gasteiger partial charge on any atom is 0.490 e. The first-order valence-electron chi connectivity index (χ1n) is 12.0. The lowest BCUT2D eigenvalue weighted by Crippen LogP contribution is -2.39. The number of carbonyl (C=O) groups is 2. The van der Waals surface area contributed by atoms with Crippen LogP contribution in [-0.4, -0.2) is 66.3 Å². The Labute approximate surface area is 235 Å². The molecule has 3 heterocycles. The van der Waals surface area contributed by atoms with Gasteiger partial charge in [0.05, 0.1) is 37.5 Å². The van der Waals surface area contributed by atoms with E-state index < -0.39 is 35.9 Å². The van der Waals surface area contributed by atoms with Crippen molar-refractivity contribution in [2.45, 2.75) is 32.0 Å². The van der Waals surface area contributed by atoms with Crippen LogP contribution < -0.4 is 10.2 Å². The summed E-state index contributed by atoms with van der Waals surface area (Å²) in [6.45, 7) is -0.354. The molecule has 2 aromatic carbocycles. The summed E-state index contributed by atoms with van der Waals surface area (Å²) in [5, 5.41) is 18.4. The molecule has 2 aromatic heterocycles. The minimum Gasteiger partial charge on any atom is -0.497 e. The lowest BCUT2D eigenvalue weighted by molar-refractivity contribution is -0.192. The van der Waals surface area contributed by atoms with Crippen LogP contribution in [0, 0.1) is 5.82 Å². The van der Waals surface area contributed by atoms with Gasteiger partial charge in [-0.05, 0) is 29.8 Å². The van der Waals surface area contributed by atoms with E-state index >= 15 is 0 Å². The number of alkyl halides is 6. The fraction of sp³-hybridized carbons (Fsp3) is 0.280. The van der Waals surface area contributed by atoms with Crippen molar-refractivity contribution in [3.63, 3.8) is 0 Å². The fourth-order valence-corrected chi connectivity index (χ4v) is 4.16. The van der Waals surface area contributed by atoms with Crippen molar-refractivity contribution in [3.8, 4) is 5.75 Å². The van der Waals surface area contributed by atoms with Crippen molar-refractivity contribution in [2.24, 2.45) is 0 Å². The van der Waals surface area contributed by atoms with Crippen molar-refractivity contribution in [1.29, 1.82) is 0 Å². The maximum absolute atomic E-state index is 14.7. The number of aliphatic carboxylic acids is 1. The van der Waals surface area contributed by atoms with Gasteiger partial charge >= 0.3 is 18.3 Å².